The van der Waals surface area contributed by atoms with E-state index in [1.165, 1.54) is 16.8 Å². The highest BCUT2D eigenvalue weighted by molar-refractivity contribution is 7.73. The SMILES string of the molecule is COc1ccc(P(CC(C)C)c2ccc(OC)cc2)cc1. The number of methoxy groups -OCH3 is 2. The van der Waals surface area contributed by atoms with Gasteiger partial charge in [0, 0.05) is 0 Å². The molecular formula is C18H23O2P. The van der Waals surface area contributed by atoms with Gasteiger partial charge >= 0.3 is 0 Å². The van der Waals surface area contributed by atoms with Crippen LogP contribution in [-0.4, -0.2) is 20.4 Å². The lowest BCUT2D eigenvalue weighted by molar-refractivity contribution is 0.415. The van der Waals surface area contributed by atoms with Gasteiger partial charge in [0.05, 0.1) is 14.2 Å². The Bertz CT molecular complexity index is 499. The van der Waals surface area contributed by atoms with Gasteiger partial charge in [0.15, 0.2) is 0 Å². The standard InChI is InChI=1S/C18H23O2P/c1-14(2)13-21(17-9-5-15(19-3)6-10-17)18-11-7-16(20-4)8-12-18/h5-12,14H,13H2,1-4H3. The van der Waals surface area contributed by atoms with Gasteiger partial charge in [-0.3, -0.25) is 0 Å². The van der Waals surface area contributed by atoms with Crippen molar-refractivity contribution in [2.45, 2.75) is 13.8 Å². The smallest absolute Gasteiger partial charge is 0.118 e. The second kappa shape index (κ2) is 7.47. The molecule has 2 rings (SSSR count). The van der Waals surface area contributed by atoms with Gasteiger partial charge < -0.3 is 9.47 Å². The average Bonchev–Trinajstić information content (AvgIpc) is 2.53. The molecule has 0 aromatic heterocycles. The Kier molecular flexibility index (Phi) is 5.64. The van der Waals surface area contributed by atoms with Crippen molar-refractivity contribution in [2.75, 3.05) is 20.4 Å². The van der Waals surface area contributed by atoms with Crippen LogP contribution >= 0.6 is 7.92 Å². The molecule has 2 aromatic rings. The predicted molar refractivity (Wildman–Crippen MR) is 91.9 cm³/mol. The topological polar surface area (TPSA) is 18.5 Å². The first-order valence-electron chi connectivity index (χ1n) is 7.19. The predicted octanol–water partition coefficient (Wildman–Crippen LogP) is 3.79. The fourth-order valence-corrected chi connectivity index (χ4v) is 4.72. The van der Waals surface area contributed by atoms with Crippen LogP contribution in [0, 0.1) is 5.92 Å². The third-order valence-electron chi connectivity index (χ3n) is 3.32. The molecule has 0 unspecified atom stereocenters. The van der Waals surface area contributed by atoms with Gasteiger partial charge in [-0.1, -0.05) is 38.1 Å². The molecule has 3 heteroatoms. The van der Waals surface area contributed by atoms with E-state index in [1.54, 1.807) is 14.2 Å². The fraction of sp³-hybridized carbons (Fsp3) is 0.333. The van der Waals surface area contributed by atoms with Crippen molar-refractivity contribution in [2.24, 2.45) is 5.92 Å². The molecule has 0 radical (unpaired) electrons. The first-order valence-corrected chi connectivity index (χ1v) is 8.72. The molecule has 2 aromatic carbocycles. The molecule has 0 bridgehead atoms. The fourth-order valence-electron chi connectivity index (χ4n) is 2.25. The molecule has 0 aliphatic heterocycles. The minimum atomic E-state index is -0.336. The zero-order chi connectivity index (χ0) is 15.2. The number of rotatable bonds is 6. The van der Waals surface area contributed by atoms with Crippen molar-refractivity contribution in [3.63, 3.8) is 0 Å². The number of ether oxygens (including phenoxy) is 2. The average molecular weight is 302 g/mol. The van der Waals surface area contributed by atoms with Crippen molar-refractivity contribution >= 4 is 18.5 Å². The minimum Gasteiger partial charge on any atom is -0.497 e. The van der Waals surface area contributed by atoms with E-state index in [4.69, 9.17) is 9.47 Å². The Morgan fingerprint density at radius 3 is 1.43 bits per heavy atom. The molecule has 0 atom stereocenters. The summed E-state index contributed by atoms with van der Waals surface area (Å²) in [6.45, 7) is 4.56. The summed E-state index contributed by atoms with van der Waals surface area (Å²) in [5.41, 5.74) is 0. The highest BCUT2D eigenvalue weighted by Gasteiger charge is 2.15. The van der Waals surface area contributed by atoms with Crippen LogP contribution < -0.4 is 20.1 Å². The monoisotopic (exact) mass is 302 g/mol. The lowest BCUT2D eigenvalue weighted by atomic mass is 10.3. The number of benzene rings is 2. The van der Waals surface area contributed by atoms with E-state index in [0.717, 1.165) is 11.5 Å². The summed E-state index contributed by atoms with van der Waals surface area (Å²) in [4.78, 5) is 0. The third kappa shape index (κ3) is 4.22. The maximum absolute atomic E-state index is 5.26. The maximum atomic E-state index is 5.26. The molecule has 0 aliphatic rings. The number of hydrogen-bond donors (Lipinski definition) is 0. The largest absolute Gasteiger partial charge is 0.497 e. The molecule has 0 heterocycles. The van der Waals surface area contributed by atoms with Crippen LogP contribution in [0.3, 0.4) is 0 Å². The van der Waals surface area contributed by atoms with Crippen LogP contribution in [0.5, 0.6) is 11.5 Å². The van der Waals surface area contributed by atoms with E-state index in [2.05, 4.69) is 62.4 Å². The summed E-state index contributed by atoms with van der Waals surface area (Å²) in [6, 6.07) is 17.0. The van der Waals surface area contributed by atoms with E-state index in [9.17, 15) is 0 Å². The second-order valence-corrected chi connectivity index (χ2v) is 7.65. The molecular weight excluding hydrogens is 279 g/mol. The highest BCUT2D eigenvalue weighted by Crippen LogP contribution is 2.36. The summed E-state index contributed by atoms with van der Waals surface area (Å²) >= 11 is 0. The van der Waals surface area contributed by atoms with Gasteiger partial charge in [-0.15, -0.1) is 0 Å². The third-order valence-corrected chi connectivity index (χ3v) is 6.25. The molecule has 21 heavy (non-hydrogen) atoms. The van der Waals surface area contributed by atoms with Crippen LogP contribution in [0.2, 0.25) is 0 Å². The zero-order valence-electron chi connectivity index (χ0n) is 13.2. The first kappa shape index (κ1) is 15.9. The van der Waals surface area contributed by atoms with E-state index < -0.39 is 0 Å². The second-order valence-electron chi connectivity index (χ2n) is 5.40. The summed E-state index contributed by atoms with van der Waals surface area (Å²) in [5.74, 6) is 2.49. The Balaban J connectivity index is 2.31. The molecule has 0 fully saturated rings. The maximum Gasteiger partial charge on any atom is 0.118 e. The van der Waals surface area contributed by atoms with Crippen molar-refractivity contribution < 1.29 is 9.47 Å². The van der Waals surface area contributed by atoms with E-state index >= 15 is 0 Å². The van der Waals surface area contributed by atoms with Crippen LogP contribution in [0.25, 0.3) is 0 Å². The summed E-state index contributed by atoms with van der Waals surface area (Å²) in [6.07, 6.45) is 1.19. The van der Waals surface area contributed by atoms with Crippen LogP contribution in [-0.2, 0) is 0 Å². The van der Waals surface area contributed by atoms with Crippen LogP contribution in [0.1, 0.15) is 13.8 Å². The van der Waals surface area contributed by atoms with Crippen molar-refractivity contribution in [3.8, 4) is 11.5 Å². The van der Waals surface area contributed by atoms with Gasteiger partial charge in [-0.2, -0.15) is 0 Å². The summed E-state index contributed by atoms with van der Waals surface area (Å²) in [5, 5.41) is 2.79. The Labute approximate surface area is 128 Å². The molecule has 0 saturated carbocycles. The first-order chi connectivity index (χ1) is 10.1. The van der Waals surface area contributed by atoms with Gasteiger partial charge in [0.2, 0.25) is 0 Å². The Hall–Kier alpha value is -1.53. The van der Waals surface area contributed by atoms with Crippen molar-refractivity contribution in [3.05, 3.63) is 48.5 Å². The van der Waals surface area contributed by atoms with Gasteiger partial charge in [0.25, 0.3) is 0 Å². The molecule has 0 N–H and O–H groups in total. The normalized spacial score (nSPS) is 11.0. The van der Waals surface area contributed by atoms with E-state index in [-0.39, 0.29) is 7.92 Å². The van der Waals surface area contributed by atoms with Crippen molar-refractivity contribution in [1.29, 1.82) is 0 Å². The van der Waals surface area contributed by atoms with Crippen LogP contribution in [0.4, 0.5) is 0 Å². The molecule has 0 amide bonds. The van der Waals surface area contributed by atoms with Gasteiger partial charge in [-0.25, -0.2) is 0 Å². The summed E-state index contributed by atoms with van der Waals surface area (Å²) < 4.78 is 10.5. The zero-order valence-corrected chi connectivity index (χ0v) is 14.1. The quantitative estimate of drug-likeness (QED) is 0.756. The molecule has 2 nitrogen and oxygen atoms in total. The molecule has 112 valence electrons. The van der Waals surface area contributed by atoms with Gasteiger partial charge in [-0.05, 0) is 54.9 Å². The number of hydrogen-bond acceptors (Lipinski definition) is 2. The molecule has 0 aliphatic carbocycles. The highest BCUT2D eigenvalue weighted by atomic mass is 31.1. The van der Waals surface area contributed by atoms with E-state index in [0.29, 0.717) is 5.92 Å². The minimum absolute atomic E-state index is 0.336. The van der Waals surface area contributed by atoms with Gasteiger partial charge in [0.1, 0.15) is 11.5 Å². The molecule has 0 spiro atoms. The molecule has 0 saturated heterocycles. The lowest BCUT2D eigenvalue weighted by Gasteiger charge is -2.21. The summed E-state index contributed by atoms with van der Waals surface area (Å²) in [7, 11) is 3.07. The van der Waals surface area contributed by atoms with E-state index in [1.807, 2.05) is 0 Å². The Morgan fingerprint density at radius 1 is 0.762 bits per heavy atom. The van der Waals surface area contributed by atoms with Crippen molar-refractivity contribution in [1.82, 2.24) is 0 Å². The van der Waals surface area contributed by atoms with Crippen LogP contribution in [0.15, 0.2) is 48.5 Å². The lowest BCUT2D eigenvalue weighted by Crippen LogP contribution is -2.16. The Morgan fingerprint density at radius 2 is 1.14 bits per heavy atom.